The number of morpholine rings is 1. The van der Waals surface area contributed by atoms with Crippen molar-refractivity contribution in [2.45, 2.75) is 12.5 Å². The molecule has 1 N–H and O–H groups in total. The van der Waals surface area contributed by atoms with Crippen LogP contribution in [0.2, 0.25) is 0 Å². The molecule has 23 heavy (non-hydrogen) atoms. The van der Waals surface area contributed by atoms with Crippen molar-refractivity contribution >= 4 is 27.9 Å². The van der Waals surface area contributed by atoms with Crippen LogP contribution in [0.1, 0.15) is 11.3 Å². The van der Waals surface area contributed by atoms with E-state index in [-0.39, 0.29) is 27.4 Å². The Labute approximate surface area is 153 Å². The Morgan fingerprint density at radius 1 is 1.43 bits per heavy atom. The SMILES string of the molecule is O=C1NCCOC1Cc1cn([I-]/C=C/c2ccc(Br)cc2)cn1. The number of carbonyl (C=O) groups excluding carboxylic acids is 1. The summed E-state index contributed by atoms with van der Waals surface area (Å²) in [7, 11) is 0. The summed E-state index contributed by atoms with van der Waals surface area (Å²) in [5, 5.41) is 2.81. The van der Waals surface area contributed by atoms with E-state index in [0.29, 0.717) is 19.6 Å². The van der Waals surface area contributed by atoms with Crippen molar-refractivity contribution in [1.82, 2.24) is 13.1 Å². The Morgan fingerprint density at radius 3 is 3.04 bits per heavy atom. The van der Waals surface area contributed by atoms with E-state index >= 15 is 0 Å². The van der Waals surface area contributed by atoms with Gasteiger partial charge >= 0.3 is 154 Å². The van der Waals surface area contributed by atoms with E-state index in [0.717, 1.165) is 10.2 Å². The first-order valence-electron chi connectivity index (χ1n) is 7.19. The molecule has 1 amide bonds. The predicted octanol–water partition coefficient (Wildman–Crippen LogP) is -0.774. The number of aromatic nitrogens is 2. The van der Waals surface area contributed by atoms with Gasteiger partial charge in [0.05, 0.1) is 0 Å². The number of nitrogens with one attached hydrogen (secondary N) is 1. The first kappa shape index (κ1) is 16.7. The van der Waals surface area contributed by atoms with Gasteiger partial charge in [0.2, 0.25) is 0 Å². The zero-order chi connectivity index (χ0) is 16.1. The van der Waals surface area contributed by atoms with Gasteiger partial charge in [-0.15, -0.1) is 0 Å². The van der Waals surface area contributed by atoms with Crippen LogP contribution in [-0.2, 0) is 16.0 Å². The van der Waals surface area contributed by atoms with Gasteiger partial charge in [0.1, 0.15) is 0 Å². The fourth-order valence-electron chi connectivity index (χ4n) is 2.14. The molecule has 1 saturated heterocycles. The van der Waals surface area contributed by atoms with Gasteiger partial charge in [-0.3, -0.25) is 0 Å². The number of rotatable bonds is 5. The number of carbonyl (C=O) groups is 1. The van der Waals surface area contributed by atoms with Gasteiger partial charge in [-0.1, -0.05) is 0 Å². The Kier molecular flexibility index (Phi) is 5.85. The monoisotopic (exact) mass is 488 g/mol. The predicted molar refractivity (Wildman–Crippen MR) is 87.3 cm³/mol. The van der Waals surface area contributed by atoms with Crippen LogP contribution in [0.5, 0.6) is 0 Å². The summed E-state index contributed by atoms with van der Waals surface area (Å²) in [4.78, 5) is 16.1. The van der Waals surface area contributed by atoms with E-state index in [1.165, 1.54) is 5.56 Å². The maximum atomic E-state index is 11.7. The number of benzene rings is 1. The van der Waals surface area contributed by atoms with E-state index in [1.54, 1.807) is 0 Å². The van der Waals surface area contributed by atoms with Crippen LogP contribution in [0.25, 0.3) is 6.08 Å². The molecule has 1 unspecified atom stereocenters. The third-order valence-corrected chi connectivity index (χ3v) is 5.69. The van der Waals surface area contributed by atoms with Gasteiger partial charge in [0.25, 0.3) is 0 Å². The molecule has 5 nitrogen and oxygen atoms in total. The first-order chi connectivity index (χ1) is 11.2. The second kappa shape index (κ2) is 8.07. The minimum absolute atomic E-state index is 0.0457. The molecule has 1 aliphatic rings. The molecule has 1 aliphatic heterocycles. The molecule has 0 spiro atoms. The topological polar surface area (TPSA) is 56.1 Å². The van der Waals surface area contributed by atoms with E-state index in [4.69, 9.17) is 4.74 Å². The number of imidazole rings is 1. The molecule has 0 aliphatic carbocycles. The van der Waals surface area contributed by atoms with Crippen LogP contribution >= 0.6 is 15.9 Å². The molecular formula is C16H16BrIN3O2-. The summed E-state index contributed by atoms with van der Waals surface area (Å²) in [6.07, 6.45) is 6.07. The molecule has 1 aromatic carbocycles. The van der Waals surface area contributed by atoms with Gasteiger partial charge in [0.15, 0.2) is 0 Å². The normalized spacial score (nSPS) is 18.5. The minimum atomic E-state index is -0.413. The van der Waals surface area contributed by atoms with Crippen molar-refractivity contribution in [3.8, 4) is 0 Å². The van der Waals surface area contributed by atoms with Gasteiger partial charge < -0.3 is 0 Å². The third-order valence-electron chi connectivity index (χ3n) is 3.31. The summed E-state index contributed by atoms with van der Waals surface area (Å²) in [5.74, 6) is -0.0457. The van der Waals surface area contributed by atoms with Gasteiger partial charge in [-0.05, 0) is 0 Å². The molecule has 2 aromatic rings. The number of ether oxygens (including phenoxy) is 1. The second-order valence-electron chi connectivity index (χ2n) is 5.01. The van der Waals surface area contributed by atoms with Gasteiger partial charge in [-0.25, -0.2) is 0 Å². The summed E-state index contributed by atoms with van der Waals surface area (Å²) < 4.78 is 10.9. The Bertz CT molecular complexity index is 700. The van der Waals surface area contributed by atoms with Crippen LogP contribution < -0.4 is 26.8 Å². The first-order valence-corrected chi connectivity index (χ1v) is 10.2. The molecule has 7 heteroatoms. The van der Waals surface area contributed by atoms with Crippen molar-refractivity contribution in [1.29, 1.82) is 0 Å². The van der Waals surface area contributed by atoms with E-state index < -0.39 is 6.10 Å². The molecule has 1 atom stereocenters. The van der Waals surface area contributed by atoms with Crippen molar-refractivity contribution in [3.05, 3.63) is 56.6 Å². The fraction of sp³-hybridized carbons (Fsp3) is 0.250. The molecule has 1 aromatic heterocycles. The summed E-state index contributed by atoms with van der Waals surface area (Å²) in [6.45, 7) is 1.16. The van der Waals surface area contributed by atoms with E-state index in [1.807, 2.05) is 24.7 Å². The molecule has 0 saturated carbocycles. The van der Waals surface area contributed by atoms with E-state index in [9.17, 15) is 4.79 Å². The van der Waals surface area contributed by atoms with Crippen molar-refractivity contribution in [3.63, 3.8) is 0 Å². The summed E-state index contributed by atoms with van der Waals surface area (Å²) in [5.41, 5.74) is 2.07. The number of halogens is 2. The zero-order valence-corrected chi connectivity index (χ0v) is 16.0. The Hall–Kier alpha value is -1.19. The van der Waals surface area contributed by atoms with Crippen LogP contribution in [-0.4, -0.2) is 32.9 Å². The van der Waals surface area contributed by atoms with Crippen molar-refractivity contribution in [2.24, 2.45) is 0 Å². The zero-order valence-electron chi connectivity index (χ0n) is 12.3. The van der Waals surface area contributed by atoms with Crippen LogP contribution in [0.4, 0.5) is 0 Å². The molecule has 2 heterocycles. The number of hydrogen-bond donors (Lipinski definition) is 1. The van der Waals surface area contributed by atoms with Gasteiger partial charge in [-0.2, -0.15) is 0 Å². The van der Waals surface area contributed by atoms with Gasteiger partial charge in [0, 0.05) is 0 Å². The van der Waals surface area contributed by atoms with Crippen LogP contribution in [0.3, 0.4) is 0 Å². The average Bonchev–Trinajstić information content (AvgIpc) is 2.99. The Balaban J connectivity index is 1.54. The molecular weight excluding hydrogens is 473 g/mol. The Morgan fingerprint density at radius 2 is 2.26 bits per heavy atom. The molecule has 0 radical (unpaired) electrons. The van der Waals surface area contributed by atoms with Crippen LogP contribution in [0.15, 0.2) is 45.3 Å². The van der Waals surface area contributed by atoms with E-state index in [2.05, 4.69) is 51.3 Å². The quantitative estimate of drug-likeness (QED) is 0.562. The molecule has 3 rings (SSSR count). The second-order valence-corrected chi connectivity index (χ2v) is 8.31. The number of nitrogens with zero attached hydrogens (tertiary/aromatic N) is 2. The average molecular weight is 489 g/mol. The number of hydrogen-bond acceptors (Lipinski definition) is 3. The molecule has 122 valence electrons. The maximum absolute atomic E-state index is 11.7. The fourth-order valence-corrected chi connectivity index (χ4v) is 4.11. The third kappa shape index (κ3) is 4.89. The number of amides is 1. The molecule has 0 bridgehead atoms. The molecule has 1 fully saturated rings. The standard InChI is InChI=1S/C16H16BrIN3O2/c17-13-3-1-12(2-4-13)5-6-18-21-10-14(20-11-21)9-15-16(22)19-7-8-23-15/h1-6,10-11,15H,7-9H2,(H,19,22)/q-1/b6-5+. The van der Waals surface area contributed by atoms with Crippen molar-refractivity contribution in [2.75, 3.05) is 13.2 Å². The summed E-state index contributed by atoms with van der Waals surface area (Å²) in [6, 6.07) is 8.20. The van der Waals surface area contributed by atoms with Crippen LogP contribution in [0, 0.1) is 0 Å². The van der Waals surface area contributed by atoms with Crippen molar-refractivity contribution < 1.29 is 31.0 Å². The summed E-state index contributed by atoms with van der Waals surface area (Å²) >= 11 is 3.13.